The first kappa shape index (κ1) is 16.5. The molecule has 1 N–H and O–H groups in total. The molecule has 4 nitrogen and oxygen atoms in total. The van der Waals surface area contributed by atoms with Gasteiger partial charge in [0.15, 0.2) is 0 Å². The number of nitrogens with zero attached hydrogens (tertiary/aromatic N) is 2. The molecular formula is C20H24N2O2. The van der Waals surface area contributed by atoms with Crippen LogP contribution in [0.3, 0.4) is 0 Å². The van der Waals surface area contributed by atoms with E-state index in [-0.39, 0.29) is 0 Å². The summed E-state index contributed by atoms with van der Waals surface area (Å²) in [7, 11) is 0. The highest BCUT2D eigenvalue weighted by Gasteiger charge is 2.13. The Labute approximate surface area is 142 Å². The molecule has 0 spiro atoms. The molecule has 0 radical (unpaired) electrons. The summed E-state index contributed by atoms with van der Waals surface area (Å²) in [4.78, 5) is 4.55. The molecule has 0 amide bonds. The number of para-hydroxylation sites is 2. The van der Waals surface area contributed by atoms with Gasteiger partial charge in [0.1, 0.15) is 17.7 Å². The monoisotopic (exact) mass is 324 g/mol. The summed E-state index contributed by atoms with van der Waals surface area (Å²) in [5.41, 5.74) is 3.25. The van der Waals surface area contributed by atoms with Gasteiger partial charge in [-0.2, -0.15) is 0 Å². The zero-order valence-electron chi connectivity index (χ0n) is 14.3. The Morgan fingerprint density at radius 3 is 2.58 bits per heavy atom. The third kappa shape index (κ3) is 3.77. The Balaban J connectivity index is 1.57. The molecule has 0 bridgehead atoms. The average molecular weight is 324 g/mol. The molecular weight excluding hydrogens is 300 g/mol. The molecule has 0 saturated heterocycles. The first-order valence-corrected chi connectivity index (χ1v) is 8.48. The van der Waals surface area contributed by atoms with E-state index in [1.54, 1.807) is 6.92 Å². The van der Waals surface area contributed by atoms with Gasteiger partial charge in [0.2, 0.25) is 0 Å². The maximum Gasteiger partial charge on any atom is 0.138 e. The molecule has 0 fully saturated rings. The Hall–Kier alpha value is -2.33. The normalized spacial score (nSPS) is 12.5. The highest BCUT2D eigenvalue weighted by molar-refractivity contribution is 5.75. The van der Waals surface area contributed by atoms with E-state index in [9.17, 15) is 5.11 Å². The van der Waals surface area contributed by atoms with Crippen molar-refractivity contribution in [2.75, 3.05) is 6.61 Å². The number of aliphatic hydroxyl groups is 1. The van der Waals surface area contributed by atoms with Gasteiger partial charge in [-0.3, -0.25) is 0 Å². The second-order valence-corrected chi connectivity index (χ2v) is 6.15. The fourth-order valence-corrected chi connectivity index (χ4v) is 2.84. The van der Waals surface area contributed by atoms with Crippen LogP contribution in [-0.2, 0) is 6.54 Å². The lowest BCUT2D eigenvalue weighted by molar-refractivity contribution is 0.184. The lowest BCUT2D eigenvalue weighted by Gasteiger charge is -2.11. The molecule has 1 atom stereocenters. The van der Waals surface area contributed by atoms with Crippen LogP contribution in [0.4, 0.5) is 0 Å². The zero-order chi connectivity index (χ0) is 16.9. The fraction of sp³-hybridized carbons (Fsp3) is 0.350. The molecule has 126 valence electrons. The largest absolute Gasteiger partial charge is 0.494 e. The van der Waals surface area contributed by atoms with E-state index in [0.717, 1.165) is 42.0 Å². The van der Waals surface area contributed by atoms with E-state index in [4.69, 9.17) is 4.74 Å². The van der Waals surface area contributed by atoms with Crippen molar-refractivity contribution in [3.8, 4) is 5.75 Å². The van der Waals surface area contributed by atoms with Crippen LogP contribution < -0.4 is 4.74 Å². The second kappa shape index (κ2) is 7.49. The molecule has 1 aromatic heterocycles. The lowest BCUT2D eigenvalue weighted by atomic mass is 10.2. The summed E-state index contributed by atoms with van der Waals surface area (Å²) in [6.45, 7) is 5.36. The number of hydrogen-bond acceptors (Lipinski definition) is 3. The molecule has 0 saturated carbocycles. The van der Waals surface area contributed by atoms with Crippen LogP contribution in [0.2, 0.25) is 0 Å². The number of hydrogen-bond donors (Lipinski definition) is 1. The molecule has 4 heteroatoms. The summed E-state index contributed by atoms with van der Waals surface area (Å²) in [5, 5.41) is 9.97. The molecule has 3 aromatic rings. The Morgan fingerprint density at radius 2 is 1.83 bits per heavy atom. The molecule has 3 rings (SSSR count). The minimum Gasteiger partial charge on any atom is -0.494 e. The van der Waals surface area contributed by atoms with Crippen LogP contribution in [0.25, 0.3) is 11.0 Å². The SMILES string of the molecule is Cc1ccc(OCCCCn2c([C@H](C)O)nc3ccccc32)cc1. The number of rotatable bonds is 7. The van der Waals surface area contributed by atoms with Crippen molar-refractivity contribution in [3.63, 3.8) is 0 Å². The van der Waals surface area contributed by atoms with E-state index in [0.29, 0.717) is 6.61 Å². The smallest absolute Gasteiger partial charge is 0.138 e. The van der Waals surface area contributed by atoms with Crippen molar-refractivity contribution in [1.29, 1.82) is 0 Å². The Kier molecular flexibility index (Phi) is 5.16. The molecule has 0 aliphatic heterocycles. The van der Waals surface area contributed by atoms with Crippen LogP contribution in [0.5, 0.6) is 5.75 Å². The van der Waals surface area contributed by atoms with Crippen molar-refractivity contribution < 1.29 is 9.84 Å². The number of imidazole rings is 1. The number of ether oxygens (including phenoxy) is 1. The Bertz CT molecular complexity index is 791. The van der Waals surface area contributed by atoms with E-state index in [2.05, 4.69) is 34.7 Å². The maximum atomic E-state index is 9.97. The van der Waals surface area contributed by atoms with Gasteiger partial charge in [-0.1, -0.05) is 29.8 Å². The summed E-state index contributed by atoms with van der Waals surface area (Å²) in [6.07, 6.45) is 1.37. The van der Waals surface area contributed by atoms with Gasteiger partial charge in [-0.15, -0.1) is 0 Å². The first-order chi connectivity index (χ1) is 11.6. The quantitative estimate of drug-likeness (QED) is 0.661. The van der Waals surface area contributed by atoms with Crippen LogP contribution >= 0.6 is 0 Å². The van der Waals surface area contributed by atoms with Gasteiger partial charge in [0, 0.05) is 6.54 Å². The van der Waals surface area contributed by atoms with Crippen LogP contribution in [0.1, 0.15) is 37.3 Å². The van der Waals surface area contributed by atoms with Crippen molar-refractivity contribution in [2.45, 2.75) is 39.3 Å². The van der Waals surface area contributed by atoms with Crippen molar-refractivity contribution in [2.24, 2.45) is 0 Å². The third-order valence-electron chi connectivity index (χ3n) is 4.12. The van der Waals surface area contributed by atoms with E-state index < -0.39 is 6.10 Å². The summed E-state index contributed by atoms with van der Waals surface area (Å²) >= 11 is 0. The zero-order valence-corrected chi connectivity index (χ0v) is 14.3. The summed E-state index contributed by atoms with van der Waals surface area (Å²) < 4.78 is 7.89. The van der Waals surface area contributed by atoms with Gasteiger partial charge in [0.25, 0.3) is 0 Å². The number of fused-ring (bicyclic) bond motifs is 1. The maximum absolute atomic E-state index is 9.97. The number of unbranched alkanes of at least 4 members (excludes halogenated alkanes) is 1. The predicted octanol–water partition coefficient (Wildman–Crippen LogP) is 4.26. The lowest BCUT2D eigenvalue weighted by Crippen LogP contribution is -2.08. The molecule has 24 heavy (non-hydrogen) atoms. The molecule has 0 aliphatic rings. The highest BCUT2D eigenvalue weighted by atomic mass is 16.5. The van der Waals surface area contributed by atoms with Gasteiger partial charge in [-0.25, -0.2) is 4.98 Å². The number of benzene rings is 2. The van der Waals surface area contributed by atoms with Crippen molar-refractivity contribution >= 4 is 11.0 Å². The predicted molar refractivity (Wildman–Crippen MR) is 96.3 cm³/mol. The average Bonchev–Trinajstić information content (AvgIpc) is 2.95. The molecule has 1 heterocycles. The fourth-order valence-electron chi connectivity index (χ4n) is 2.84. The minimum atomic E-state index is -0.568. The topological polar surface area (TPSA) is 47.3 Å². The summed E-state index contributed by atoms with van der Waals surface area (Å²) in [6, 6.07) is 16.1. The van der Waals surface area contributed by atoms with Crippen molar-refractivity contribution in [3.05, 3.63) is 59.9 Å². The molecule has 0 unspecified atom stereocenters. The van der Waals surface area contributed by atoms with Crippen LogP contribution in [0, 0.1) is 6.92 Å². The third-order valence-corrected chi connectivity index (χ3v) is 4.12. The van der Waals surface area contributed by atoms with Crippen molar-refractivity contribution in [1.82, 2.24) is 9.55 Å². The molecule has 0 aliphatic carbocycles. The molecule has 2 aromatic carbocycles. The van der Waals surface area contributed by atoms with E-state index >= 15 is 0 Å². The number of aliphatic hydroxyl groups excluding tert-OH is 1. The first-order valence-electron chi connectivity index (χ1n) is 8.48. The summed E-state index contributed by atoms with van der Waals surface area (Å²) in [5.74, 6) is 1.65. The van der Waals surface area contributed by atoms with E-state index in [1.807, 2.05) is 30.3 Å². The van der Waals surface area contributed by atoms with E-state index in [1.165, 1.54) is 5.56 Å². The number of aromatic nitrogens is 2. The van der Waals surface area contributed by atoms with Gasteiger partial charge in [-0.05, 0) is 51.0 Å². The second-order valence-electron chi connectivity index (χ2n) is 6.15. The number of aryl methyl sites for hydroxylation is 2. The van der Waals surface area contributed by atoms with Gasteiger partial charge >= 0.3 is 0 Å². The minimum absolute atomic E-state index is 0.568. The Morgan fingerprint density at radius 1 is 1.08 bits per heavy atom. The van der Waals surface area contributed by atoms with Gasteiger partial charge < -0.3 is 14.4 Å². The highest BCUT2D eigenvalue weighted by Crippen LogP contribution is 2.21. The standard InChI is InChI=1S/C20H24N2O2/c1-15-9-11-17(12-10-15)24-14-6-5-13-22-19-8-4-3-7-18(19)21-20(22)16(2)23/h3-4,7-12,16,23H,5-6,13-14H2,1-2H3/t16-/m0/s1. The van der Waals surface area contributed by atoms with Gasteiger partial charge in [0.05, 0.1) is 17.6 Å². The van der Waals surface area contributed by atoms with Crippen LogP contribution in [0.15, 0.2) is 48.5 Å². The van der Waals surface area contributed by atoms with Crippen LogP contribution in [-0.4, -0.2) is 21.3 Å².